The van der Waals surface area contributed by atoms with Crippen LogP contribution in [0.25, 0.3) is 10.6 Å². The second-order valence-corrected chi connectivity index (χ2v) is 8.44. The third-order valence-corrected chi connectivity index (χ3v) is 6.79. The first-order valence-electron chi connectivity index (χ1n) is 9.46. The van der Waals surface area contributed by atoms with Crippen molar-refractivity contribution in [3.8, 4) is 10.6 Å². The number of amides is 1. The highest BCUT2D eigenvalue weighted by atomic mass is 35.5. The molecule has 3 rings (SSSR count). The Bertz CT molecular complexity index is 758. The van der Waals surface area contributed by atoms with E-state index >= 15 is 0 Å². The van der Waals surface area contributed by atoms with Crippen LogP contribution in [0.3, 0.4) is 0 Å². The van der Waals surface area contributed by atoms with Gasteiger partial charge in [-0.25, -0.2) is 4.98 Å². The zero-order valence-corrected chi connectivity index (χ0v) is 19.5. The van der Waals surface area contributed by atoms with Crippen molar-refractivity contribution >= 4 is 42.1 Å². The first kappa shape index (κ1) is 24.9. The van der Waals surface area contributed by atoms with Crippen molar-refractivity contribution in [2.24, 2.45) is 5.92 Å². The maximum absolute atomic E-state index is 12.6. The van der Waals surface area contributed by atoms with E-state index in [9.17, 15) is 4.79 Å². The van der Waals surface area contributed by atoms with Crippen LogP contribution >= 0.6 is 36.2 Å². The van der Waals surface area contributed by atoms with Crippen molar-refractivity contribution < 1.29 is 4.79 Å². The fraction of sp³-hybridized carbons (Fsp3) is 0.524. The molecular weight excluding hydrogens is 413 g/mol. The minimum Gasteiger partial charge on any atom is -0.338 e. The second-order valence-electron chi connectivity index (χ2n) is 7.41. The molecule has 0 saturated carbocycles. The highest BCUT2D eigenvalue weighted by Crippen LogP contribution is 2.34. The Morgan fingerprint density at radius 2 is 1.96 bits per heavy atom. The number of thiazole rings is 1. The van der Waals surface area contributed by atoms with Gasteiger partial charge in [0.05, 0.1) is 16.6 Å². The summed E-state index contributed by atoms with van der Waals surface area (Å²) in [6, 6.07) is 8.52. The standard InChI is InChI=1S/C21H29N3OS.2ClH/c1-14-5-8-18(9-6-14)21-23-15(2)20(26-21)16(3)24(4)19(25)10-7-17-11-12-22-13-17;;/h5-6,8-9,16-17,22H,7,10-13H2,1-4H3;2*1H. The van der Waals surface area contributed by atoms with Crippen molar-refractivity contribution in [3.05, 3.63) is 40.4 Å². The van der Waals surface area contributed by atoms with Gasteiger partial charge in [-0.2, -0.15) is 0 Å². The molecule has 1 N–H and O–H groups in total. The topological polar surface area (TPSA) is 45.2 Å². The normalized spacial score (nSPS) is 16.8. The Hall–Kier alpha value is -1.14. The lowest BCUT2D eigenvalue weighted by molar-refractivity contribution is -0.132. The van der Waals surface area contributed by atoms with Crippen molar-refractivity contribution in [1.29, 1.82) is 0 Å². The summed E-state index contributed by atoms with van der Waals surface area (Å²) in [7, 11) is 1.92. The van der Waals surface area contributed by atoms with E-state index in [2.05, 4.69) is 43.4 Å². The van der Waals surface area contributed by atoms with E-state index in [1.54, 1.807) is 11.3 Å². The van der Waals surface area contributed by atoms with E-state index in [4.69, 9.17) is 4.98 Å². The molecule has 1 aromatic carbocycles. The average Bonchev–Trinajstić information content (AvgIpc) is 3.28. The number of aryl methyl sites for hydroxylation is 2. The smallest absolute Gasteiger partial charge is 0.222 e. The lowest BCUT2D eigenvalue weighted by Crippen LogP contribution is -2.29. The first-order valence-corrected chi connectivity index (χ1v) is 10.3. The Labute approximate surface area is 184 Å². The van der Waals surface area contributed by atoms with Gasteiger partial charge in [-0.05, 0) is 52.6 Å². The molecule has 1 fully saturated rings. The Morgan fingerprint density at radius 3 is 2.57 bits per heavy atom. The van der Waals surface area contributed by atoms with Gasteiger partial charge < -0.3 is 10.2 Å². The van der Waals surface area contributed by atoms with E-state index in [0.717, 1.165) is 35.8 Å². The molecule has 1 aliphatic heterocycles. The molecule has 156 valence electrons. The predicted molar refractivity (Wildman–Crippen MR) is 123 cm³/mol. The summed E-state index contributed by atoms with van der Waals surface area (Å²) in [5.41, 5.74) is 3.42. The van der Waals surface area contributed by atoms with Gasteiger partial charge in [-0.15, -0.1) is 36.2 Å². The predicted octanol–water partition coefficient (Wildman–Crippen LogP) is 5.18. The van der Waals surface area contributed by atoms with E-state index in [0.29, 0.717) is 12.3 Å². The molecule has 2 atom stereocenters. The van der Waals surface area contributed by atoms with Gasteiger partial charge in [0.25, 0.3) is 0 Å². The molecule has 0 spiro atoms. The van der Waals surface area contributed by atoms with Crippen LogP contribution in [0.4, 0.5) is 0 Å². The van der Waals surface area contributed by atoms with E-state index in [1.165, 1.54) is 16.9 Å². The first-order chi connectivity index (χ1) is 12.5. The Kier molecular flexibility index (Phi) is 9.91. The third kappa shape index (κ3) is 5.93. The van der Waals surface area contributed by atoms with Gasteiger partial charge in [0, 0.05) is 19.0 Å². The molecular formula is C21H31Cl2N3OS. The van der Waals surface area contributed by atoms with Crippen LogP contribution in [0.1, 0.15) is 48.4 Å². The van der Waals surface area contributed by atoms with Gasteiger partial charge in [0.1, 0.15) is 5.01 Å². The fourth-order valence-electron chi connectivity index (χ4n) is 3.47. The SMILES string of the molecule is Cc1ccc(-c2nc(C)c(C(C)N(C)C(=O)CCC3CCNC3)s2)cc1.Cl.Cl. The average molecular weight is 444 g/mol. The molecule has 0 radical (unpaired) electrons. The quantitative estimate of drug-likeness (QED) is 0.668. The van der Waals surface area contributed by atoms with Gasteiger partial charge in [-0.1, -0.05) is 29.8 Å². The van der Waals surface area contributed by atoms with Crippen LogP contribution in [-0.4, -0.2) is 35.9 Å². The molecule has 2 unspecified atom stereocenters. The number of rotatable bonds is 6. The number of aromatic nitrogens is 1. The summed E-state index contributed by atoms with van der Waals surface area (Å²) in [6.07, 6.45) is 2.81. The molecule has 7 heteroatoms. The highest BCUT2D eigenvalue weighted by molar-refractivity contribution is 7.15. The van der Waals surface area contributed by atoms with Crippen LogP contribution in [-0.2, 0) is 4.79 Å². The van der Waals surface area contributed by atoms with Crippen molar-refractivity contribution in [3.63, 3.8) is 0 Å². The Balaban J connectivity index is 0.00000196. The molecule has 28 heavy (non-hydrogen) atoms. The van der Waals surface area contributed by atoms with Crippen LogP contribution < -0.4 is 5.32 Å². The molecule has 2 heterocycles. The number of carbonyl (C=O) groups is 1. The molecule has 1 aromatic heterocycles. The van der Waals surface area contributed by atoms with Crippen LogP contribution in [0, 0.1) is 19.8 Å². The monoisotopic (exact) mass is 443 g/mol. The zero-order valence-electron chi connectivity index (χ0n) is 17.0. The molecule has 1 amide bonds. The molecule has 1 saturated heterocycles. The lowest BCUT2D eigenvalue weighted by Gasteiger charge is -2.25. The summed E-state index contributed by atoms with van der Waals surface area (Å²) >= 11 is 1.70. The highest BCUT2D eigenvalue weighted by Gasteiger charge is 2.23. The van der Waals surface area contributed by atoms with Crippen LogP contribution in [0.15, 0.2) is 24.3 Å². The van der Waals surface area contributed by atoms with Crippen LogP contribution in [0.5, 0.6) is 0 Å². The molecule has 1 aliphatic rings. The molecule has 2 aromatic rings. The summed E-state index contributed by atoms with van der Waals surface area (Å²) in [6.45, 7) is 8.39. The summed E-state index contributed by atoms with van der Waals surface area (Å²) in [5, 5.41) is 4.40. The maximum atomic E-state index is 12.6. The van der Waals surface area contributed by atoms with Gasteiger partial charge in [-0.3, -0.25) is 4.79 Å². The summed E-state index contributed by atoms with van der Waals surface area (Å²) < 4.78 is 0. The second kappa shape index (κ2) is 11.1. The van der Waals surface area contributed by atoms with Gasteiger partial charge >= 0.3 is 0 Å². The molecule has 4 nitrogen and oxygen atoms in total. The van der Waals surface area contributed by atoms with Gasteiger partial charge in [0.2, 0.25) is 5.91 Å². The molecule has 0 aliphatic carbocycles. The number of nitrogens with zero attached hydrogens (tertiary/aromatic N) is 2. The lowest BCUT2D eigenvalue weighted by atomic mass is 10.0. The van der Waals surface area contributed by atoms with Crippen molar-refractivity contribution in [2.75, 3.05) is 20.1 Å². The third-order valence-electron chi connectivity index (χ3n) is 5.41. The number of nitrogens with one attached hydrogen (secondary N) is 1. The minimum atomic E-state index is 0. The fourth-order valence-corrected chi connectivity index (χ4v) is 4.64. The summed E-state index contributed by atoms with van der Waals surface area (Å²) in [4.78, 5) is 20.5. The Morgan fingerprint density at radius 1 is 1.29 bits per heavy atom. The maximum Gasteiger partial charge on any atom is 0.222 e. The number of hydrogen-bond acceptors (Lipinski definition) is 4. The van der Waals surface area contributed by atoms with E-state index < -0.39 is 0 Å². The van der Waals surface area contributed by atoms with Gasteiger partial charge in [0.15, 0.2) is 0 Å². The minimum absolute atomic E-state index is 0. The number of hydrogen-bond donors (Lipinski definition) is 1. The van der Waals surface area contributed by atoms with Crippen LogP contribution in [0.2, 0.25) is 0 Å². The number of carbonyl (C=O) groups excluding carboxylic acids is 1. The number of benzene rings is 1. The zero-order chi connectivity index (χ0) is 18.7. The van der Waals surface area contributed by atoms with E-state index in [-0.39, 0.29) is 36.8 Å². The van der Waals surface area contributed by atoms with E-state index in [1.807, 2.05) is 18.9 Å². The summed E-state index contributed by atoms with van der Waals surface area (Å²) in [5.74, 6) is 0.884. The van der Waals surface area contributed by atoms with Crippen molar-refractivity contribution in [1.82, 2.24) is 15.2 Å². The largest absolute Gasteiger partial charge is 0.338 e. The van der Waals surface area contributed by atoms with Crippen molar-refractivity contribution in [2.45, 2.75) is 46.1 Å². The number of halogens is 2. The molecule has 0 bridgehead atoms.